The van der Waals surface area contributed by atoms with Gasteiger partial charge in [-0.05, 0) is 102 Å². The minimum Gasteiger partial charge on any atom is -0.465 e. The van der Waals surface area contributed by atoms with Crippen molar-refractivity contribution < 1.29 is 39.0 Å². The lowest BCUT2D eigenvalue weighted by atomic mass is 9.84. The summed E-state index contributed by atoms with van der Waals surface area (Å²) < 4.78 is 0. The third-order valence-corrected chi connectivity index (χ3v) is 15.0. The lowest BCUT2D eigenvalue weighted by Gasteiger charge is -2.41. The topological polar surface area (TPSA) is 227 Å². The van der Waals surface area contributed by atoms with Gasteiger partial charge < -0.3 is 41.3 Å². The number of carbonyl (C=O) groups excluding carboxylic acids is 4. The number of nitrogens with zero attached hydrogens (tertiary/aromatic N) is 7. The second-order valence-corrected chi connectivity index (χ2v) is 19.9. The van der Waals surface area contributed by atoms with Gasteiger partial charge in [-0.2, -0.15) is 0 Å². The molecule has 7 rings (SSSR count). The number of hydrogen-bond donors (Lipinski definition) is 4. The maximum Gasteiger partial charge on any atom is 0.407 e. The van der Waals surface area contributed by atoms with Crippen LogP contribution in [0.1, 0.15) is 101 Å². The van der Waals surface area contributed by atoms with E-state index in [-0.39, 0.29) is 37.0 Å². The molecule has 3 aromatic carbocycles. The van der Waals surface area contributed by atoms with E-state index in [1.54, 1.807) is 27.7 Å². The summed E-state index contributed by atoms with van der Waals surface area (Å²) in [6.45, 7) is 7.60. The van der Waals surface area contributed by atoms with Crippen LogP contribution >= 0.6 is 0 Å². The molecular weight excluding hydrogens is 891 g/mol. The Morgan fingerprint density at radius 3 is 1.33 bits per heavy atom. The molecule has 17 nitrogen and oxygen atoms in total. The zero-order valence-corrected chi connectivity index (χ0v) is 41.4. The number of likely N-dealkylation sites (N-methyl/N-ethyl adjacent to an activating group) is 2. The number of anilines is 2. The van der Waals surface area contributed by atoms with E-state index in [0.717, 1.165) is 56.4 Å². The fourth-order valence-electron chi connectivity index (χ4n) is 11.4. The standard InChI is InChI=1S/C53H67N9O8/c1-32(2)44(58(7)50(67)68)46(63)60-29-9-27-52(60,48(54)65)38-18-11-35(12-19-38)41-24-25-42(62(41)40-22-15-34(16-23-40)37-17-26-43(56-31-37)57(5)6)36-13-20-39(21-14-36)53(49(55)66)28-10-30-61(53)47(64)45(33(3)4)59(8)51(69)70/h11-23,26,31-33,41-42,44-45H,9-10,24-25,27-30H2,1-8H3,(H2,54,65)(H2,55,66)(H,67,68)(H,69,70)/t41-,42-,44+,45+,52+,53+/m1/s1. The molecule has 0 unspecified atom stereocenters. The molecule has 4 aromatic rings. The van der Waals surface area contributed by atoms with Crippen LogP contribution in [0.4, 0.5) is 21.1 Å². The van der Waals surface area contributed by atoms with Crippen molar-refractivity contribution >= 4 is 47.3 Å². The van der Waals surface area contributed by atoms with Crippen LogP contribution in [0.25, 0.3) is 11.1 Å². The van der Waals surface area contributed by atoms with E-state index in [4.69, 9.17) is 11.5 Å². The van der Waals surface area contributed by atoms with Crippen molar-refractivity contribution in [2.24, 2.45) is 23.3 Å². The van der Waals surface area contributed by atoms with E-state index in [0.29, 0.717) is 36.8 Å². The van der Waals surface area contributed by atoms with Crippen LogP contribution in [0, 0.1) is 11.8 Å². The van der Waals surface area contributed by atoms with E-state index in [9.17, 15) is 39.0 Å². The van der Waals surface area contributed by atoms with E-state index < -0.39 is 59.0 Å². The Labute approximate surface area is 410 Å². The first kappa shape index (κ1) is 50.7. The summed E-state index contributed by atoms with van der Waals surface area (Å²) in [5, 5.41) is 19.7. The summed E-state index contributed by atoms with van der Waals surface area (Å²) in [4.78, 5) is 93.8. The Hall–Kier alpha value is -7.17. The molecule has 0 bridgehead atoms. The van der Waals surface area contributed by atoms with Crippen molar-refractivity contribution in [3.63, 3.8) is 0 Å². The van der Waals surface area contributed by atoms with Crippen molar-refractivity contribution in [1.82, 2.24) is 24.6 Å². The molecule has 3 saturated heterocycles. The van der Waals surface area contributed by atoms with Gasteiger partial charge in [0.25, 0.3) is 0 Å². The summed E-state index contributed by atoms with van der Waals surface area (Å²) in [7, 11) is 6.61. The van der Waals surface area contributed by atoms with Crippen molar-refractivity contribution in [3.05, 3.63) is 113 Å². The molecule has 70 heavy (non-hydrogen) atoms. The first-order valence-corrected chi connectivity index (χ1v) is 24.0. The Morgan fingerprint density at radius 2 is 1.00 bits per heavy atom. The maximum atomic E-state index is 14.3. The number of amides is 6. The summed E-state index contributed by atoms with van der Waals surface area (Å²) in [5.41, 5.74) is 15.5. The van der Waals surface area contributed by atoms with Gasteiger partial charge in [-0.25, -0.2) is 14.6 Å². The van der Waals surface area contributed by atoms with Gasteiger partial charge in [-0.1, -0.05) is 88.4 Å². The average Bonchev–Trinajstić information content (AvgIpc) is 4.10. The van der Waals surface area contributed by atoms with Gasteiger partial charge >= 0.3 is 12.2 Å². The van der Waals surface area contributed by atoms with Crippen molar-refractivity contribution in [2.75, 3.05) is 51.1 Å². The number of carbonyl (C=O) groups is 6. The Kier molecular flexibility index (Phi) is 14.5. The van der Waals surface area contributed by atoms with Gasteiger partial charge in [-0.15, -0.1) is 0 Å². The highest BCUT2D eigenvalue weighted by Crippen LogP contribution is 2.49. The minimum atomic E-state index is -1.47. The van der Waals surface area contributed by atoms with Gasteiger partial charge in [0.2, 0.25) is 23.6 Å². The number of rotatable bonds is 15. The summed E-state index contributed by atoms with van der Waals surface area (Å²) in [5.74, 6) is -2.18. The second kappa shape index (κ2) is 20.0. The van der Waals surface area contributed by atoms with Gasteiger partial charge in [0.05, 0.1) is 12.1 Å². The number of hydrogen-bond acceptors (Lipinski definition) is 9. The summed E-state index contributed by atoms with van der Waals surface area (Å²) >= 11 is 0. The number of likely N-dealkylation sites (tertiary alicyclic amines) is 2. The molecule has 6 amide bonds. The molecule has 6 atom stereocenters. The highest BCUT2D eigenvalue weighted by atomic mass is 16.4. The predicted octanol–water partition coefficient (Wildman–Crippen LogP) is 6.77. The van der Waals surface area contributed by atoms with Gasteiger partial charge in [0.1, 0.15) is 29.0 Å². The molecule has 0 saturated carbocycles. The molecule has 3 aliphatic rings. The number of benzene rings is 3. The summed E-state index contributed by atoms with van der Waals surface area (Å²) in [6.07, 6.45) is 2.46. The van der Waals surface area contributed by atoms with Crippen LogP contribution in [0.15, 0.2) is 91.1 Å². The quantitative estimate of drug-likeness (QED) is 0.0972. The molecule has 0 aliphatic carbocycles. The largest absolute Gasteiger partial charge is 0.465 e. The molecule has 3 fully saturated rings. The normalized spacial score (nSPS) is 22.0. The third-order valence-electron chi connectivity index (χ3n) is 15.0. The van der Waals surface area contributed by atoms with Crippen LogP contribution in [-0.4, -0.2) is 124 Å². The van der Waals surface area contributed by atoms with E-state index in [1.165, 1.54) is 23.9 Å². The number of carboxylic acid groups (broad SMARTS) is 2. The smallest absolute Gasteiger partial charge is 0.407 e. The zero-order chi connectivity index (χ0) is 51.0. The van der Waals surface area contributed by atoms with Gasteiger partial charge in [0, 0.05) is 58.7 Å². The molecule has 372 valence electrons. The van der Waals surface area contributed by atoms with Crippen LogP contribution < -0.4 is 21.3 Å². The van der Waals surface area contributed by atoms with Crippen molar-refractivity contribution in [3.8, 4) is 11.1 Å². The van der Waals surface area contributed by atoms with Crippen molar-refractivity contribution in [2.45, 2.75) is 101 Å². The summed E-state index contributed by atoms with van der Waals surface area (Å²) in [6, 6.07) is 25.4. The van der Waals surface area contributed by atoms with Crippen LogP contribution in [0.5, 0.6) is 0 Å². The molecule has 3 aliphatic heterocycles. The van der Waals surface area contributed by atoms with E-state index >= 15 is 0 Å². The average molecular weight is 958 g/mol. The lowest BCUT2D eigenvalue weighted by Crippen LogP contribution is -2.59. The zero-order valence-electron chi connectivity index (χ0n) is 41.4. The monoisotopic (exact) mass is 958 g/mol. The van der Waals surface area contributed by atoms with Gasteiger partial charge in [0.15, 0.2) is 0 Å². The van der Waals surface area contributed by atoms with Crippen LogP contribution in [-0.2, 0) is 30.3 Å². The molecule has 0 spiro atoms. The molecule has 6 N–H and O–H groups in total. The highest BCUT2D eigenvalue weighted by Gasteiger charge is 2.54. The second-order valence-electron chi connectivity index (χ2n) is 19.9. The Bertz CT molecular complexity index is 2460. The minimum absolute atomic E-state index is 0.148. The fraction of sp³-hybridized carbons (Fsp3) is 0.453. The first-order valence-electron chi connectivity index (χ1n) is 24.0. The molecular formula is C53H67N9O8. The fourth-order valence-corrected chi connectivity index (χ4v) is 11.4. The predicted molar refractivity (Wildman–Crippen MR) is 267 cm³/mol. The molecule has 0 radical (unpaired) electrons. The number of pyridine rings is 1. The highest BCUT2D eigenvalue weighted by molar-refractivity contribution is 5.96. The molecule has 1 aromatic heterocycles. The van der Waals surface area contributed by atoms with E-state index in [2.05, 4.69) is 34.1 Å². The molecule has 4 heterocycles. The maximum absolute atomic E-state index is 14.3. The van der Waals surface area contributed by atoms with Crippen molar-refractivity contribution in [1.29, 1.82) is 0 Å². The van der Waals surface area contributed by atoms with E-state index in [1.807, 2.05) is 85.9 Å². The SMILES string of the molecule is CC(C)[C@@H](C(=O)N1CCC[C@@]1(C(N)=O)c1ccc([C@H]2CC[C@H](c3ccc([C@]4(C(N)=O)CCCN4C(=O)[C@H](C(C)C)N(C)C(=O)O)cc3)N2c2ccc(-c3ccc(N(C)C)nc3)cc2)cc1)N(C)C(=O)O. The number of primary amides is 2. The number of aromatic nitrogens is 1. The lowest BCUT2D eigenvalue weighted by molar-refractivity contribution is -0.148. The third kappa shape index (κ3) is 8.97. The van der Waals surface area contributed by atoms with Crippen LogP contribution in [0.3, 0.4) is 0 Å². The van der Waals surface area contributed by atoms with Crippen LogP contribution in [0.2, 0.25) is 0 Å². The Balaban J connectivity index is 1.25. The molecule has 17 heteroatoms. The Morgan fingerprint density at radius 1 is 0.600 bits per heavy atom. The number of nitrogens with two attached hydrogens (primary N) is 2. The first-order chi connectivity index (χ1) is 33.2. The van der Waals surface area contributed by atoms with Gasteiger partial charge in [-0.3, -0.25) is 29.0 Å².